The number of nitrogens with zero attached hydrogens (tertiary/aromatic N) is 2. The molecule has 3 rings (SSSR count). The fourth-order valence-corrected chi connectivity index (χ4v) is 5.02. The van der Waals surface area contributed by atoms with E-state index in [-0.39, 0.29) is 16.7 Å². The molecule has 3 aromatic rings. The Bertz CT molecular complexity index is 1120. The molecule has 0 bridgehead atoms. The van der Waals surface area contributed by atoms with Crippen LogP contribution in [0.4, 0.5) is 4.39 Å². The normalized spacial score (nSPS) is 11.9. The third kappa shape index (κ3) is 4.00. The number of nitrogens with one attached hydrogen (secondary N) is 1. The summed E-state index contributed by atoms with van der Waals surface area (Å²) < 4.78 is 39.1. The number of thiophene rings is 1. The number of sulfonamides is 1. The van der Waals surface area contributed by atoms with Gasteiger partial charge in [0.15, 0.2) is 0 Å². The molecule has 1 amide bonds. The molecule has 0 saturated carbocycles. The van der Waals surface area contributed by atoms with Crippen molar-refractivity contribution in [2.75, 3.05) is 14.1 Å². The number of carbonyl (C=O) groups excluding carboxylic acids is 1. The lowest BCUT2D eigenvalue weighted by molar-refractivity contribution is 0.0952. The zero-order valence-electron chi connectivity index (χ0n) is 15.0. The van der Waals surface area contributed by atoms with Crippen molar-refractivity contribution in [1.29, 1.82) is 0 Å². The molecule has 9 heteroatoms. The predicted octanol–water partition coefficient (Wildman–Crippen LogP) is 2.92. The number of halogens is 1. The van der Waals surface area contributed by atoms with Gasteiger partial charge in [-0.25, -0.2) is 17.1 Å². The fraction of sp³-hybridized carbons (Fsp3) is 0.222. The summed E-state index contributed by atoms with van der Waals surface area (Å²) in [7, 11) is -0.553. The summed E-state index contributed by atoms with van der Waals surface area (Å²) in [5.74, 6) is -0.748. The van der Waals surface area contributed by atoms with Gasteiger partial charge in [-0.2, -0.15) is 0 Å². The summed E-state index contributed by atoms with van der Waals surface area (Å²) in [5.41, 5.74) is 1.42. The standard InChI is InChI=1S/C18H18FN3O3S2/c1-11-8-15(14-6-4-12(19)9-16(14)21-11)18(23)20-10-13-5-7-17(26-13)27(24,25)22(2)3/h4-9H,10H2,1-3H3,(H,20,23). The molecule has 6 nitrogen and oxygen atoms in total. The second-order valence-electron chi connectivity index (χ2n) is 6.16. The average molecular weight is 407 g/mol. The molecular formula is C18H18FN3O3S2. The lowest BCUT2D eigenvalue weighted by Crippen LogP contribution is -2.23. The highest BCUT2D eigenvalue weighted by atomic mass is 32.2. The van der Waals surface area contributed by atoms with E-state index >= 15 is 0 Å². The van der Waals surface area contributed by atoms with Crippen molar-refractivity contribution in [2.24, 2.45) is 0 Å². The minimum Gasteiger partial charge on any atom is -0.347 e. The Morgan fingerprint density at radius 1 is 1.22 bits per heavy atom. The second kappa shape index (κ2) is 7.34. The van der Waals surface area contributed by atoms with E-state index in [0.29, 0.717) is 27.0 Å². The lowest BCUT2D eigenvalue weighted by Gasteiger charge is -2.09. The molecule has 0 aliphatic rings. The van der Waals surface area contributed by atoms with Gasteiger partial charge in [-0.3, -0.25) is 9.78 Å². The van der Waals surface area contributed by atoms with Crippen LogP contribution in [0.25, 0.3) is 10.9 Å². The SMILES string of the molecule is Cc1cc(C(=O)NCc2ccc(S(=O)(=O)N(C)C)s2)c2ccc(F)cc2n1. The molecule has 1 N–H and O–H groups in total. The molecule has 2 heterocycles. The Balaban J connectivity index is 1.81. The predicted molar refractivity (Wildman–Crippen MR) is 103 cm³/mol. The van der Waals surface area contributed by atoms with Gasteiger partial charge in [-0.05, 0) is 37.3 Å². The van der Waals surface area contributed by atoms with Gasteiger partial charge in [-0.1, -0.05) is 0 Å². The van der Waals surface area contributed by atoms with E-state index in [4.69, 9.17) is 0 Å². The maximum absolute atomic E-state index is 13.4. The molecule has 0 aliphatic carbocycles. The fourth-order valence-electron chi connectivity index (χ4n) is 2.56. The van der Waals surface area contributed by atoms with E-state index in [9.17, 15) is 17.6 Å². The van der Waals surface area contributed by atoms with Crippen LogP contribution in [-0.4, -0.2) is 37.7 Å². The van der Waals surface area contributed by atoms with Gasteiger partial charge < -0.3 is 5.32 Å². The quantitative estimate of drug-likeness (QED) is 0.705. The summed E-state index contributed by atoms with van der Waals surface area (Å²) >= 11 is 1.11. The first-order valence-corrected chi connectivity index (χ1v) is 10.3. The van der Waals surface area contributed by atoms with Crippen molar-refractivity contribution in [1.82, 2.24) is 14.6 Å². The van der Waals surface area contributed by atoms with Crippen LogP contribution in [0.3, 0.4) is 0 Å². The van der Waals surface area contributed by atoms with Gasteiger partial charge in [-0.15, -0.1) is 11.3 Å². The number of benzene rings is 1. The van der Waals surface area contributed by atoms with Crippen LogP contribution in [0, 0.1) is 12.7 Å². The number of hydrogen-bond donors (Lipinski definition) is 1. The van der Waals surface area contributed by atoms with E-state index < -0.39 is 15.8 Å². The summed E-state index contributed by atoms with van der Waals surface area (Å²) in [4.78, 5) is 17.6. The van der Waals surface area contributed by atoms with Gasteiger partial charge in [0.25, 0.3) is 15.9 Å². The number of hydrogen-bond acceptors (Lipinski definition) is 5. The summed E-state index contributed by atoms with van der Waals surface area (Å²) in [5, 5.41) is 3.34. The third-order valence-corrected chi connectivity index (χ3v) is 7.31. The number of aryl methyl sites for hydroxylation is 1. The number of rotatable bonds is 5. The number of amides is 1. The van der Waals surface area contributed by atoms with Gasteiger partial charge in [0.05, 0.1) is 17.6 Å². The zero-order valence-corrected chi connectivity index (χ0v) is 16.6. The van der Waals surface area contributed by atoms with Crippen LogP contribution in [-0.2, 0) is 16.6 Å². The van der Waals surface area contributed by atoms with Crippen LogP contribution < -0.4 is 5.32 Å². The molecule has 0 aliphatic heterocycles. The minimum atomic E-state index is -3.49. The van der Waals surface area contributed by atoms with Crippen LogP contribution in [0.2, 0.25) is 0 Å². The molecule has 142 valence electrons. The van der Waals surface area contributed by atoms with Crippen molar-refractivity contribution in [3.8, 4) is 0 Å². The molecule has 27 heavy (non-hydrogen) atoms. The first kappa shape index (κ1) is 19.4. The van der Waals surface area contributed by atoms with E-state index in [1.54, 1.807) is 19.1 Å². The number of carbonyl (C=O) groups is 1. The molecule has 0 fully saturated rings. The molecule has 1 aromatic carbocycles. The summed E-state index contributed by atoms with van der Waals surface area (Å²) in [6.45, 7) is 1.93. The Morgan fingerprint density at radius 2 is 1.96 bits per heavy atom. The lowest BCUT2D eigenvalue weighted by atomic mass is 10.1. The van der Waals surface area contributed by atoms with Crippen molar-refractivity contribution >= 4 is 38.2 Å². The Morgan fingerprint density at radius 3 is 2.67 bits per heavy atom. The smallest absolute Gasteiger partial charge is 0.252 e. The molecular weight excluding hydrogens is 389 g/mol. The van der Waals surface area contributed by atoms with Crippen LogP contribution in [0.15, 0.2) is 40.6 Å². The highest BCUT2D eigenvalue weighted by Gasteiger charge is 2.20. The highest BCUT2D eigenvalue weighted by Crippen LogP contribution is 2.24. The molecule has 2 aromatic heterocycles. The van der Waals surface area contributed by atoms with E-state index in [1.807, 2.05) is 0 Å². The topological polar surface area (TPSA) is 79.4 Å². The highest BCUT2D eigenvalue weighted by molar-refractivity contribution is 7.91. The first-order chi connectivity index (χ1) is 12.7. The third-order valence-electron chi connectivity index (χ3n) is 3.94. The van der Waals surface area contributed by atoms with Crippen molar-refractivity contribution in [3.63, 3.8) is 0 Å². The first-order valence-electron chi connectivity index (χ1n) is 8.05. The summed E-state index contributed by atoms with van der Waals surface area (Å²) in [6, 6.07) is 8.94. The number of pyridine rings is 1. The van der Waals surface area contributed by atoms with Crippen LogP contribution in [0.5, 0.6) is 0 Å². The van der Waals surface area contributed by atoms with E-state index in [2.05, 4.69) is 10.3 Å². The molecule has 0 spiro atoms. The van der Waals surface area contributed by atoms with Crippen LogP contribution >= 0.6 is 11.3 Å². The van der Waals surface area contributed by atoms with E-state index in [0.717, 1.165) is 15.6 Å². The largest absolute Gasteiger partial charge is 0.347 e. The van der Waals surface area contributed by atoms with Crippen molar-refractivity contribution < 1.29 is 17.6 Å². The Kier molecular flexibility index (Phi) is 5.27. The van der Waals surface area contributed by atoms with Gasteiger partial charge >= 0.3 is 0 Å². The molecule has 0 atom stereocenters. The number of fused-ring (bicyclic) bond motifs is 1. The maximum atomic E-state index is 13.4. The average Bonchev–Trinajstić information content (AvgIpc) is 3.08. The summed E-state index contributed by atoms with van der Waals surface area (Å²) in [6.07, 6.45) is 0. The molecule has 0 saturated heterocycles. The van der Waals surface area contributed by atoms with Crippen molar-refractivity contribution in [2.45, 2.75) is 17.7 Å². The van der Waals surface area contributed by atoms with Gasteiger partial charge in [0.2, 0.25) is 0 Å². The van der Waals surface area contributed by atoms with Gasteiger partial charge in [0.1, 0.15) is 10.0 Å². The van der Waals surface area contributed by atoms with Crippen molar-refractivity contribution in [3.05, 3.63) is 58.3 Å². The number of aromatic nitrogens is 1. The second-order valence-corrected chi connectivity index (χ2v) is 9.71. The molecule has 0 unspecified atom stereocenters. The minimum absolute atomic E-state index is 0.191. The zero-order chi connectivity index (χ0) is 19.8. The monoisotopic (exact) mass is 407 g/mol. The Hall–Kier alpha value is -2.36. The molecule has 0 radical (unpaired) electrons. The van der Waals surface area contributed by atoms with Crippen LogP contribution in [0.1, 0.15) is 20.9 Å². The van der Waals surface area contributed by atoms with Gasteiger partial charge in [0, 0.05) is 36.1 Å². The maximum Gasteiger partial charge on any atom is 0.252 e. The Labute approximate surface area is 160 Å². The van der Waals surface area contributed by atoms with E-state index in [1.165, 1.54) is 38.4 Å².